The first kappa shape index (κ1) is 12.8. The molecule has 3 heteroatoms. The van der Waals surface area contributed by atoms with Crippen molar-refractivity contribution in [2.45, 2.75) is 33.4 Å². The van der Waals surface area contributed by atoms with Crippen molar-refractivity contribution in [1.29, 1.82) is 0 Å². The number of hydrogen-bond acceptors (Lipinski definition) is 2. The third-order valence-electron chi connectivity index (χ3n) is 3.35. The van der Waals surface area contributed by atoms with Gasteiger partial charge in [-0.2, -0.15) is 0 Å². The lowest BCUT2D eigenvalue weighted by Gasteiger charge is -2.14. The maximum atomic E-state index is 11.9. The Kier molecular flexibility index (Phi) is 3.82. The zero-order chi connectivity index (χ0) is 13.1. The van der Waals surface area contributed by atoms with Crippen molar-refractivity contribution in [3.63, 3.8) is 0 Å². The van der Waals surface area contributed by atoms with Crippen molar-refractivity contribution < 1.29 is 4.79 Å². The molecule has 0 bridgehead atoms. The molecule has 18 heavy (non-hydrogen) atoms. The van der Waals surface area contributed by atoms with E-state index < -0.39 is 0 Å². The van der Waals surface area contributed by atoms with Crippen LogP contribution < -0.4 is 10.6 Å². The van der Waals surface area contributed by atoms with E-state index in [-0.39, 0.29) is 11.9 Å². The van der Waals surface area contributed by atoms with Gasteiger partial charge in [0, 0.05) is 13.1 Å². The predicted molar refractivity (Wildman–Crippen MR) is 73.4 cm³/mol. The van der Waals surface area contributed by atoms with Gasteiger partial charge < -0.3 is 5.32 Å². The average Bonchev–Trinajstić information content (AvgIpc) is 2.80. The molecule has 1 unspecified atom stereocenters. The Morgan fingerprint density at radius 2 is 2.00 bits per heavy atom. The molecule has 0 aromatic heterocycles. The van der Waals surface area contributed by atoms with Crippen LogP contribution in [0.2, 0.25) is 0 Å². The summed E-state index contributed by atoms with van der Waals surface area (Å²) in [6, 6.07) is 4.14. The van der Waals surface area contributed by atoms with Gasteiger partial charge in [0.15, 0.2) is 0 Å². The molecule has 0 fully saturated rings. The zero-order valence-electron chi connectivity index (χ0n) is 11.2. The highest BCUT2D eigenvalue weighted by molar-refractivity contribution is 5.84. The van der Waals surface area contributed by atoms with Crippen LogP contribution in [-0.2, 0) is 11.3 Å². The van der Waals surface area contributed by atoms with Crippen LogP contribution in [0.15, 0.2) is 24.3 Å². The number of carbonyl (C=O) groups is 1. The van der Waals surface area contributed by atoms with Crippen LogP contribution >= 0.6 is 0 Å². The molecule has 2 rings (SSSR count). The molecule has 1 atom stereocenters. The van der Waals surface area contributed by atoms with E-state index in [2.05, 4.69) is 43.5 Å². The van der Waals surface area contributed by atoms with Crippen LogP contribution in [0, 0.1) is 20.8 Å². The van der Waals surface area contributed by atoms with Crippen LogP contribution in [0.1, 0.15) is 22.3 Å². The van der Waals surface area contributed by atoms with E-state index in [1.807, 2.05) is 12.2 Å². The molecule has 0 radical (unpaired) electrons. The molecule has 0 aliphatic carbocycles. The summed E-state index contributed by atoms with van der Waals surface area (Å²) in [5.74, 6) is 0.0446. The van der Waals surface area contributed by atoms with E-state index in [9.17, 15) is 4.79 Å². The second-order valence-electron chi connectivity index (χ2n) is 4.91. The van der Waals surface area contributed by atoms with Gasteiger partial charge in [-0.1, -0.05) is 29.8 Å². The summed E-state index contributed by atoms with van der Waals surface area (Å²) in [5, 5.41) is 6.10. The number of benzene rings is 1. The largest absolute Gasteiger partial charge is 0.350 e. The molecule has 1 aliphatic heterocycles. The molecule has 1 heterocycles. The summed E-state index contributed by atoms with van der Waals surface area (Å²) in [5.41, 5.74) is 4.96. The van der Waals surface area contributed by atoms with Gasteiger partial charge in [-0.3, -0.25) is 10.1 Å². The van der Waals surface area contributed by atoms with Crippen molar-refractivity contribution >= 4 is 5.91 Å². The van der Waals surface area contributed by atoms with Crippen molar-refractivity contribution in [1.82, 2.24) is 10.6 Å². The Morgan fingerprint density at radius 3 is 2.56 bits per heavy atom. The second kappa shape index (κ2) is 5.36. The fourth-order valence-corrected chi connectivity index (χ4v) is 2.42. The van der Waals surface area contributed by atoms with Gasteiger partial charge >= 0.3 is 0 Å². The molecular formula is C15H20N2O. The normalized spacial score (nSPS) is 18.1. The predicted octanol–water partition coefficient (Wildman–Crippen LogP) is 1.76. The number of nitrogens with one attached hydrogen (secondary N) is 2. The molecule has 0 saturated heterocycles. The smallest absolute Gasteiger partial charge is 0.241 e. The summed E-state index contributed by atoms with van der Waals surface area (Å²) in [7, 11) is 0. The fourth-order valence-electron chi connectivity index (χ4n) is 2.42. The second-order valence-corrected chi connectivity index (χ2v) is 4.91. The molecule has 1 aliphatic rings. The lowest BCUT2D eigenvalue weighted by molar-refractivity contribution is -0.122. The summed E-state index contributed by atoms with van der Waals surface area (Å²) in [4.78, 5) is 11.9. The topological polar surface area (TPSA) is 41.1 Å². The van der Waals surface area contributed by atoms with Gasteiger partial charge in [0.2, 0.25) is 5.91 Å². The number of rotatable bonds is 3. The van der Waals surface area contributed by atoms with E-state index in [4.69, 9.17) is 0 Å². The summed E-state index contributed by atoms with van der Waals surface area (Å²) in [6.45, 7) is 7.66. The summed E-state index contributed by atoms with van der Waals surface area (Å²) < 4.78 is 0. The van der Waals surface area contributed by atoms with Gasteiger partial charge in [-0.05, 0) is 37.5 Å². The Hall–Kier alpha value is -1.61. The molecule has 1 aromatic carbocycles. The number of aryl methyl sites for hydroxylation is 3. The van der Waals surface area contributed by atoms with Crippen LogP contribution in [0.3, 0.4) is 0 Å². The van der Waals surface area contributed by atoms with Gasteiger partial charge in [-0.15, -0.1) is 0 Å². The lowest BCUT2D eigenvalue weighted by Crippen LogP contribution is -2.40. The highest BCUT2D eigenvalue weighted by Gasteiger charge is 2.17. The Labute approximate surface area is 108 Å². The Morgan fingerprint density at radius 1 is 1.33 bits per heavy atom. The van der Waals surface area contributed by atoms with E-state index in [0.29, 0.717) is 6.54 Å². The molecule has 96 valence electrons. The molecule has 0 saturated carbocycles. The molecule has 1 aromatic rings. The minimum atomic E-state index is -0.170. The first-order valence-electron chi connectivity index (χ1n) is 6.32. The van der Waals surface area contributed by atoms with Gasteiger partial charge in [0.05, 0.1) is 0 Å². The maximum absolute atomic E-state index is 11.9. The van der Waals surface area contributed by atoms with Gasteiger partial charge in [0.25, 0.3) is 0 Å². The van der Waals surface area contributed by atoms with Crippen molar-refractivity contribution in [2.24, 2.45) is 0 Å². The van der Waals surface area contributed by atoms with E-state index in [1.54, 1.807) is 0 Å². The molecule has 1 amide bonds. The fraction of sp³-hybridized carbons (Fsp3) is 0.400. The van der Waals surface area contributed by atoms with E-state index in [0.717, 1.165) is 6.54 Å². The number of amides is 1. The van der Waals surface area contributed by atoms with Crippen LogP contribution in [0.4, 0.5) is 0 Å². The molecular weight excluding hydrogens is 224 g/mol. The number of hydrogen-bond donors (Lipinski definition) is 2. The minimum Gasteiger partial charge on any atom is -0.350 e. The van der Waals surface area contributed by atoms with Gasteiger partial charge in [-0.25, -0.2) is 0 Å². The number of carbonyl (C=O) groups excluding carboxylic acids is 1. The molecule has 2 N–H and O–H groups in total. The standard InChI is InChI=1S/C15H20N2O/c1-10-7-11(2)13(12(3)8-10)9-17-15(18)14-5-4-6-16-14/h4-5,7-8,14,16H,6,9H2,1-3H3,(H,17,18). The Balaban J connectivity index is 2.02. The third-order valence-corrected chi connectivity index (χ3v) is 3.35. The maximum Gasteiger partial charge on any atom is 0.241 e. The molecule has 3 nitrogen and oxygen atoms in total. The first-order valence-corrected chi connectivity index (χ1v) is 6.32. The van der Waals surface area contributed by atoms with Crippen LogP contribution in [0.25, 0.3) is 0 Å². The van der Waals surface area contributed by atoms with Gasteiger partial charge in [0.1, 0.15) is 6.04 Å². The van der Waals surface area contributed by atoms with Crippen molar-refractivity contribution in [3.8, 4) is 0 Å². The van der Waals surface area contributed by atoms with Crippen molar-refractivity contribution in [2.75, 3.05) is 6.54 Å². The van der Waals surface area contributed by atoms with Crippen LogP contribution in [-0.4, -0.2) is 18.5 Å². The average molecular weight is 244 g/mol. The lowest BCUT2D eigenvalue weighted by atomic mass is 10.00. The monoisotopic (exact) mass is 244 g/mol. The van der Waals surface area contributed by atoms with Crippen LogP contribution in [0.5, 0.6) is 0 Å². The first-order chi connectivity index (χ1) is 8.58. The van der Waals surface area contributed by atoms with E-state index in [1.165, 1.54) is 22.3 Å². The summed E-state index contributed by atoms with van der Waals surface area (Å²) in [6.07, 6.45) is 3.89. The Bertz CT molecular complexity index is 468. The SMILES string of the molecule is Cc1cc(C)c(CNC(=O)C2C=CCN2)c(C)c1. The summed E-state index contributed by atoms with van der Waals surface area (Å²) >= 11 is 0. The quantitative estimate of drug-likeness (QED) is 0.795. The minimum absolute atomic E-state index is 0.0446. The molecule has 0 spiro atoms. The zero-order valence-corrected chi connectivity index (χ0v) is 11.2. The highest BCUT2D eigenvalue weighted by atomic mass is 16.2. The third kappa shape index (κ3) is 2.79. The van der Waals surface area contributed by atoms with E-state index >= 15 is 0 Å². The highest BCUT2D eigenvalue weighted by Crippen LogP contribution is 2.16. The van der Waals surface area contributed by atoms with Crippen molar-refractivity contribution in [3.05, 3.63) is 46.5 Å².